The van der Waals surface area contributed by atoms with E-state index in [1.165, 1.54) is 18.7 Å². The number of thiazole rings is 1. The van der Waals surface area contributed by atoms with Gasteiger partial charge in [-0.05, 0) is 20.0 Å². The van der Waals surface area contributed by atoms with E-state index >= 15 is 0 Å². The van der Waals surface area contributed by atoms with E-state index in [2.05, 4.69) is 27.7 Å². The summed E-state index contributed by atoms with van der Waals surface area (Å²) in [5.41, 5.74) is 3.76. The van der Waals surface area contributed by atoms with Gasteiger partial charge in [0.15, 0.2) is 5.13 Å². The summed E-state index contributed by atoms with van der Waals surface area (Å²) in [7, 11) is 2.15. The van der Waals surface area contributed by atoms with E-state index in [0.717, 1.165) is 11.7 Å². The molecule has 4 nitrogen and oxygen atoms in total. The van der Waals surface area contributed by atoms with Crippen LogP contribution in [0.5, 0.6) is 0 Å². The van der Waals surface area contributed by atoms with Crippen LogP contribution >= 0.6 is 11.3 Å². The van der Waals surface area contributed by atoms with Crippen molar-refractivity contribution in [3.63, 3.8) is 0 Å². The minimum atomic E-state index is 0.600. The molecule has 1 unspecified atom stereocenters. The maximum atomic E-state index is 5.28. The van der Waals surface area contributed by atoms with Crippen molar-refractivity contribution in [1.29, 1.82) is 0 Å². The zero-order valence-corrected chi connectivity index (χ0v) is 8.47. The first-order valence-electron chi connectivity index (χ1n) is 4.40. The Bertz CT molecular complexity index is 285. The molecule has 0 spiro atoms. The number of hydrogen-bond acceptors (Lipinski definition) is 5. The number of aromatic nitrogens is 1. The van der Waals surface area contributed by atoms with Crippen LogP contribution in [0.15, 0.2) is 5.38 Å². The molecule has 5 heteroatoms. The highest BCUT2D eigenvalue weighted by Crippen LogP contribution is 2.28. The molecule has 1 aliphatic rings. The minimum absolute atomic E-state index is 0.600. The van der Waals surface area contributed by atoms with Crippen molar-refractivity contribution in [3.8, 4) is 0 Å². The summed E-state index contributed by atoms with van der Waals surface area (Å²) in [6.45, 7) is 2.29. The van der Waals surface area contributed by atoms with Gasteiger partial charge in [0.25, 0.3) is 0 Å². The first-order valence-corrected chi connectivity index (χ1v) is 5.28. The Labute approximate surface area is 81.7 Å². The molecule has 0 amide bonds. The van der Waals surface area contributed by atoms with Gasteiger partial charge in [0, 0.05) is 17.8 Å². The highest BCUT2D eigenvalue weighted by atomic mass is 32.1. The Hall–Kier alpha value is -0.650. The molecule has 0 bridgehead atoms. The Kier molecular flexibility index (Phi) is 2.48. The van der Waals surface area contributed by atoms with Crippen LogP contribution < -0.4 is 11.3 Å². The summed E-state index contributed by atoms with van der Waals surface area (Å²) in [6, 6.07) is 0. The van der Waals surface area contributed by atoms with E-state index < -0.39 is 0 Å². The second-order valence-electron chi connectivity index (χ2n) is 3.47. The van der Waals surface area contributed by atoms with Crippen molar-refractivity contribution in [2.24, 2.45) is 5.84 Å². The lowest BCUT2D eigenvalue weighted by atomic mass is 10.1. The van der Waals surface area contributed by atoms with Gasteiger partial charge >= 0.3 is 0 Å². The predicted octanol–water partition coefficient (Wildman–Crippen LogP) is 0.848. The SMILES string of the molecule is CN1CCC(c2csc(NN)n2)C1. The lowest BCUT2D eigenvalue weighted by molar-refractivity contribution is 0.411. The van der Waals surface area contributed by atoms with Crippen molar-refractivity contribution in [2.75, 3.05) is 25.6 Å². The molecule has 0 saturated carbocycles. The van der Waals surface area contributed by atoms with Gasteiger partial charge in [0.2, 0.25) is 0 Å². The number of nitrogen functional groups attached to an aromatic ring is 1. The van der Waals surface area contributed by atoms with Crippen LogP contribution in [0.4, 0.5) is 5.13 Å². The van der Waals surface area contributed by atoms with Crippen molar-refractivity contribution in [1.82, 2.24) is 9.88 Å². The molecule has 1 aromatic rings. The van der Waals surface area contributed by atoms with E-state index in [0.29, 0.717) is 5.92 Å². The number of hydrogen-bond donors (Lipinski definition) is 2. The summed E-state index contributed by atoms with van der Waals surface area (Å²) in [6.07, 6.45) is 1.21. The van der Waals surface area contributed by atoms with Crippen molar-refractivity contribution < 1.29 is 0 Å². The number of anilines is 1. The number of rotatable bonds is 2. The Morgan fingerprint density at radius 1 is 1.77 bits per heavy atom. The number of nitrogens with one attached hydrogen (secondary N) is 1. The molecular formula is C8H14N4S. The molecule has 13 heavy (non-hydrogen) atoms. The fourth-order valence-corrected chi connectivity index (χ4v) is 2.42. The fraction of sp³-hybridized carbons (Fsp3) is 0.625. The van der Waals surface area contributed by atoms with E-state index in [-0.39, 0.29) is 0 Å². The average molecular weight is 198 g/mol. The van der Waals surface area contributed by atoms with Crippen molar-refractivity contribution >= 4 is 16.5 Å². The summed E-state index contributed by atoms with van der Waals surface area (Å²) >= 11 is 1.57. The van der Waals surface area contributed by atoms with Gasteiger partial charge in [-0.2, -0.15) is 0 Å². The third-order valence-corrected chi connectivity index (χ3v) is 3.25. The fourth-order valence-electron chi connectivity index (χ4n) is 1.72. The van der Waals surface area contributed by atoms with Crippen molar-refractivity contribution in [2.45, 2.75) is 12.3 Å². The summed E-state index contributed by atoms with van der Waals surface area (Å²) in [5, 5.41) is 2.91. The molecule has 1 aliphatic heterocycles. The highest BCUT2D eigenvalue weighted by Gasteiger charge is 2.22. The molecular weight excluding hydrogens is 184 g/mol. The molecule has 0 radical (unpaired) electrons. The highest BCUT2D eigenvalue weighted by molar-refractivity contribution is 7.13. The Morgan fingerprint density at radius 3 is 3.15 bits per heavy atom. The molecule has 2 rings (SSSR count). The Balaban J connectivity index is 2.08. The maximum Gasteiger partial charge on any atom is 0.197 e. The molecule has 1 atom stereocenters. The van der Waals surface area contributed by atoms with Crippen LogP contribution in [0.2, 0.25) is 0 Å². The molecule has 1 saturated heterocycles. The Morgan fingerprint density at radius 2 is 2.62 bits per heavy atom. The number of nitrogens with two attached hydrogens (primary N) is 1. The van der Waals surface area contributed by atoms with Crippen LogP contribution in [0, 0.1) is 0 Å². The van der Waals surface area contributed by atoms with E-state index in [1.54, 1.807) is 11.3 Å². The minimum Gasteiger partial charge on any atom is -0.306 e. The van der Waals surface area contributed by atoms with Crippen LogP contribution in [0.3, 0.4) is 0 Å². The molecule has 3 N–H and O–H groups in total. The van der Waals surface area contributed by atoms with Crippen LogP contribution in [0.1, 0.15) is 18.0 Å². The maximum absolute atomic E-state index is 5.28. The summed E-state index contributed by atoms with van der Waals surface area (Å²) in [5.74, 6) is 5.88. The quantitative estimate of drug-likeness (QED) is 0.546. The van der Waals surface area contributed by atoms with Gasteiger partial charge in [-0.3, -0.25) is 5.43 Å². The van der Waals surface area contributed by atoms with E-state index in [9.17, 15) is 0 Å². The first-order chi connectivity index (χ1) is 6.29. The molecule has 0 aliphatic carbocycles. The third kappa shape index (κ3) is 1.82. The second-order valence-corrected chi connectivity index (χ2v) is 4.33. The van der Waals surface area contributed by atoms with E-state index in [1.807, 2.05) is 0 Å². The van der Waals surface area contributed by atoms with Crippen molar-refractivity contribution in [3.05, 3.63) is 11.1 Å². The molecule has 1 aromatic heterocycles. The lowest BCUT2D eigenvalue weighted by Crippen LogP contribution is -2.13. The van der Waals surface area contributed by atoms with Gasteiger partial charge in [-0.15, -0.1) is 11.3 Å². The van der Waals surface area contributed by atoms with Gasteiger partial charge in [-0.1, -0.05) is 0 Å². The van der Waals surface area contributed by atoms with E-state index in [4.69, 9.17) is 5.84 Å². The van der Waals surface area contributed by atoms with Crippen LogP contribution in [-0.2, 0) is 0 Å². The van der Waals surface area contributed by atoms with Gasteiger partial charge < -0.3 is 4.90 Å². The summed E-state index contributed by atoms with van der Waals surface area (Å²) in [4.78, 5) is 6.73. The number of hydrazine groups is 1. The topological polar surface area (TPSA) is 54.2 Å². The average Bonchev–Trinajstić information content (AvgIpc) is 2.71. The summed E-state index contributed by atoms with van der Waals surface area (Å²) < 4.78 is 0. The first kappa shape index (κ1) is 8.93. The molecule has 1 fully saturated rings. The van der Waals surface area contributed by atoms with Crippen LogP contribution in [0.25, 0.3) is 0 Å². The van der Waals surface area contributed by atoms with Gasteiger partial charge in [0.05, 0.1) is 5.69 Å². The normalized spacial score (nSPS) is 23.7. The molecule has 0 aromatic carbocycles. The molecule has 2 heterocycles. The van der Waals surface area contributed by atoms with Gasteiger partial charge in [-0.25, -0.2) is 10.8 Å². The third-order valence-electron chi connectivity index (χ3n) is 2.46. The predicted molar refractivity (Wildman–Crippen MR) is 54.8 cm³/mol. The lowest BCUT2D eigenvalue weighted by Gasteiger charge is -2.06. The second kappa shape index (κ2) is 3.61. The van der Waals surface area contributed by atoms with Gasteiger partial charge in [0.1, 0.15) is 0 Å². The zero-order chi connectivity index (χ0) is 9.26. The standard InChI is InChI=1S/C8H14N4S/c1-12-3-2-6(4-12)7-5-13-8(10-7)11-9/h5-6H,2-4,9H2,1H3,(H,10,11). The monoisotopic (exact) mass is 198 g/mol. The number of nitrogens with zero attached hydrogens (tertiary/aromatic N) is 2. The number of likely N-dealkylation sites (N-methyl/N-ethyl adjacent to an activating group) is 1. The largest absolute Gasteiger partial charge is 0.306 e. The molecule has 72 valence electrons. The smallest absolute Gasteiger partial charge is 0.197 e. The number of likely N-dealkylation sites (tertiary alicyclic amines) is 1. The van der Waals surface area contributed by atoms with Crippen LogP contribution in [-0.4, -0.2) is 30.0 Å². The zero-order valence-electron chi connectivity index (χ0n) is 7.66.